The summed E-state index contributed by atoms with van der Waals surface area (Å²) >= 11 is 0. The number of rotatable bonds is 0. The van der Waals surface area contributed by atoms with Crippen molar-refractivity contribution in [2.24, 2.45) is 0 Å². The lowest BCUT2D eigenvalue weighted by molar-refractivity contribution is -0.206. The topological polar surface area (TPSA) is 35.5 Å². The standard InChI is InChI=1S/C10H14O3/c1-7-6-12-10(2)4-3-8(11)5-9(10)13-7/h3-4,7,9H,5-6H2,1-2H3/t7?,9-,10+/m0/s1. The first-order valence-corrected chi connectivity index (χ1v) is 4.62. The molecule has 0 aromatic rings. The number of hydrogen-bond donors (Lipinski definition) is 0. The van der Waals surface area contributed by atoms with Gasteiger partial charge in [0, 0.05) is 6.42 Å². The van der Waals surface area contributed by atoms with Gasteiger partial charge < -0.3 is 9.47 Å². The number of allylic oxidation sites excluding steroid dienone is 1. The maximum absolute atomic E-state index is 11.1. The van der Waals surface area contributed by atoms with E-state index in [4.69, 9.17) is 9.47 Å². The van der Waals surface area contributed by atoms with Crippen LogP contribution >= 0.6 is 0 Å². The smallest absolute Gasteiger partial charge is 0.158 e. The molecule has 1 unspecified atom stereocenters. The molecule has 1 aliphatic carbocycles. The fraction of sp³-hybridized carbons (Fsp3) is 0.700. The van der Waals surface area contributed by atoms with Gasteiger partial charge in [0.15, 0.2) is 5.78 Å². The Balaban J connectivity index is 2.21. The molecule has 3 nitrogen and oxygen atoms in total. The predicted octanol–water partition coefficient (Wildman–Crippen LogP) is 1.08. The average molecular weight is 182 g/mol. The van der Waals surface area contributed by atoms with E-state index in [1.54, 1.807) is 6.08 Å². The van der Waals surface area contributed by atoms with Crippen LogP contribution in [0.5, 0.6) is 0 Å². The third kappa shape index (κ3) is 1.54. The highest BCUT2D eigenvalue weighted by molar-refractivity contribution is 5.91. The van der Waals surface area contributed by atoms with Crippen LogP contribution in [0.4, 0.5) is 0 Å². The van der Waals surface area contributed by atoms with E-state index in [-0.39, 0.29) is 23.6 Å². The first-order chi connectivity index (χ1) is 6.10. The van der Waals surface area contributed by atoms with Crippen LogP contribution < -0.4 is 0 Å². The van der Waals surface area contributed by atoms with Crippen molar-refractivity contribution in [2.75, 3.05) is 6.61 Å². The second-order valence-electron chi connectivity index (χ2n) is 3.93. The number of ether oxygens (including phenoxy) is 2. The van der Waals surface area contributed by atoms with Gasteiger partial charge in [0.25, 0.3) is 0 Å². The Bertz CT molecular complexity index is 259. The van der Waals surface area contributed by atoms with E-state index in [9.17, 15) is 4.79 Å². The summed E-state index contributed by atoms with van der Waals surface area (Å²) in [4.78, 5) is 11.1. The largest absolute Gasteiger partial charge is 0.369 e. The van der Waals surface area contributed by atoms with Crippen LogP contribution in [0.25, 0.3) is 0 Å². The molecule has 2 rings (SSSR count). The third-order valence-corrected chi connectivity index (χ3v) is 2.65. The maximum atomic E-state index is 11.1. The fourth-order valence-corrected chi connectivity index (χ4v) is 1.76. The molecule has 2 aliphatic rings. The summed E-state index contributed by atoms with van der Waals surface area (Å²) in [7, 11) is 0. The molecule has 0 spiro atoms. The van der Waals surface area contributed by atoms with Gasteiger partial charge in [-0.3, -0.25) is 4.79 Å². The van der Waals surface area contributed by atoms with Crippen molar-refractivity contribution in [2.45, 2.75) is 38.1 Å². The molecule has 1 heterocycles. The van der Waals surface area contributed by atoms with E-state index in [1.165, 1.54) is 0 Å². The zero-order valence-corrected chi connectivity index (χ0v) is 7.95. The van der Waals surface area contributed by atoms with Crippen molar-refractivity contribution >= 4 is 5.78 Å². The number of carbonyl (C=O) groups excluding carboxylic acids is 1. The molecule has 0 radical (unpaired) electrons. The second kappa shape index (κ2) is 2.93. The molecule has 3 heteroatoms. The lowest BCUT2D eigenvalue weighted by Gasteiger charge is -2.43. The third-order valence-electron chi connectivity index (χ3n) is 2.65. The van der Waals surface area contributed by atoms with E-state index < -0.39 is 0 Å². The van der Waals surface area contributed by atoms with Gasteiger partial charge in [0.05, 0.1) is 18.8 Å². The number of fused-ring (bicyclic) bond motifs is 1. The normalized spacial score (nSPS) is 44.6. The summed E-state index contributed by atoms with van der Waals surface area (Å²) in [6, 6.07) is 0. The Morgan fingerprint density at radius 2 is 2.38 bits per heavy atom. The predicted molar refractivity (Wildman–Crippen MR) is 47.5 cm³/mol. The summed E-state index contributed by atoms with van der Waals surface area (Å²) in [6.07, 6.45) is 3.84. The Morgan fingerprint density at radius 3 is 3.15 bits per heavy atom. The van der Waals surface area contributed by atoms with Crippen LogP contribution in [0.1, 0.15) is 20.3 Å². The van der Waals surface area contributed by atoms with E-state index in [1.807, 2.05) is 19.9 Å². The van der Waals surface area contributed by atoms with Crippen molar-refractivity contribution in [3.05, 3.63) is 12.2 Å². The van der Waals surface area contributed by atoms with Crippen LogP contribution in [0, 0.1) is 0 Å². The van der Waals surface area contributed by atoms with Crippen LogP contribution in [-0.4, -0.2) is 30.2 Å². The zero-order chi connectivity index (χ0) is 9.47. The number of hydrogen-bond acceptors (Lipinski definition) is 3. The monoisotopic (exact) mass is 182 g/mol. The van der Waals surface area contributed by atoms with Crippen LogP contribution in [-0.2, 0) is 14.3 Å². The first kappa shape index (κ1) is 8.91. The lowest BCUT2D eigenvalue weighted by atomic mass is 9.87. The SMILES string of the molecule is CC1CO[C@]2(C)C=CC(=O)C[C@@H]2O1. The lowest BCUT2D eigenvalue weighted by Crippen LogP contribution is -2.52. The maximum Gasteiger partial charge on any atom is 0.158 e. The summed E-state index contributed by atoms with van der Waals surface area (Å²) in [5.41, 5.74) is -0.388. The Labute approximate surface area is 77.7 Å². The van der Waals surface area contributed by atoms with E-state index in [0.29, 0.717) is 13.0 Å². The number of ketones is 1. The molecule has 1 fully saturated rings. The zero-order valence-electron chi connectivity index (χ0n) is 7.95. The Morgan fingerprint density at radius 1 is 1.62 bits per heavy atom. The highest BCUT2D eigenvalue weighted by Crippen LogP contribution is 2.31. The van der Waals surface area contributed by atoms with Gasteiger partial charge in [-0.15, -0.1) is 0 Å². The highest BCUT2D eigenvalue weighted by Gasteiger charge is 2.42. The van der Waals surface area contributed by atoms with E-state index >= 15 is 0 Å². The fourth-order valence-electron chi connectivity index (χ4n) is 1.76. The van der Waals surface area contributed by atoms with Gasteiger partial charge in [0.2, 0.25) is 0 Å². The Kier molecular flexibility index (Phi) is 2.00. The van der Waals surface area contributed by atoms with E-state index in [2.05, 4.69) is 0 Å². The molecule has 13 heavy (non-hydrogen) atoms. The molecule has 0 amide bonds. The molecule has 1 saturated heterocycles. The minimum Gasteiger partial charge on any atom is -0.369 e. The molecule has 0 saturated carbocycles. The summed E-state index contributed by atoms with van der Waals surface area (Å²) in [5, 5.41) is 0. The second-order valence-corrected chi connectivity index (χ2v) is 3.93. The van der Waals surface area contributed by atoms with E-state index in [0.717, 1.165) is 0 Å². The van der Waals surface area contributed by atoms with Gasteiger partial charge in [-0.2, -0.15) is 0 Å². The summed E-state index contributed by atoms with van der Waals surface area (Å²) < 4.78 is 11.3. The van der Waals surface area contributed by atoms with Crippen LogP contribution in [0.2, 0.25) is 0 Å². The molecule has 1 aliphatic heterocycles. The molecular weight excluding hydrogens is 168 g/mol. The molecule has 72 valence electrons. The molecule has 0 N–H and O–H groups in total. The van der Waals surface area contributed by atoms with Crippen LogP contribution in [0.3, 0.4) is 0 Å². The summed E-state index contributed by atoms with van der Waals surface area (Å²) in [6.45, 7) is 4.53. The van der Waals surface area contributed by atoms with Gasteiger partial charge >= 0.3 is 0 Å². The van der Waals surface area contributed by atoms with Gasteiger partial charge in [-0.25, -0.2) is 0 Å². The summed E-state index contributed by atoms with van der Waals surface area (Å²) in [5.74, 6) is 0.125. The van der Waals surface area contributed by atoms with Crippen molar-refractivity contribution in [1.29, 1.82) is 0 Å². The van der Waals surface area contributed by atoms with Crippen molar-refractivity contribution in [3.63, 3.8) is 0 Å². The minimum atomic E-state index is -0.388. The van der Waals surface area contributed by atoms with Gasteiger partial charge in [-0.05, 0) is 26.0 Å². The average Bonchev–Trinajstić information content (AvgIpc) is 2.08. The quantitative estimate of drug-likeness (QED) is 0.562. The van der Waals surface area contributed by atoms with Crippen molar-refractivity contribution in [1.82, 2.24) is 0 Å². The van der Waals surface area contributed by atoms with Crippen molar-refractivity contribution < 1.29 is 14.3 Å². The first-order valence-electron chi connectivity index (χ1n) is 4.62. The number of carbonyl (C=O) groups is 1. The Hall–Kier alpha value is -0.670. The minimum absolute atomic E-state index is 0.0948. The molecule has 0 aromatic carbocycles. The molecule has 3 atom stereocenters. The molecular formula is C10H14O3. The molecule has 0 bridgehead atoms. The van der Waals surface area contributed by atoms with Crippen LogP contribution in [0.15, 0.2) is 12.2 Å². The molecule has 0 aromatic heterocycles. The highest BCUT2D eigenvalue weighted by atomic mass is 16.6. The van der Waals surface area contributed by atoms with Gasteiger partial charge in [-0.1, -0.05) is 0 Å². The van der Waals surface area contributed by atoms with Gasteiger partial charge in [0.1, 0.15) is 5.60 Å². The van der Waals surface area contributed by atoms with Crippen molar-refractivity contribution in [3.8, 4) is 0 Å².